The molecule has 3 aromatic heterocycles. The Morgan fingerprint density at radius 2 is 1.82 bits per heavy atom. The van der Waals surface area contributed by atoms with E-state index < -0.39 is 0 Å². The second kappa shape index (κ2) is 10.4. The molecule has 0 bridgehead atoms. The number of hydrogen-bond acceptors (Lipinski definition) is 7. The van der Waals surface area contributed by atoms with Crippen LogP contribution in [0.25, 0.3) is 17.0 Å². The van der Waals surface area contributed by atoms with E-state index in [4.69, 9.17) is 25.2 Å². The fraction of sp³-hybridized carbons (Fsp3) is 0.226. The SMILES string of the molecule is COCCOc1ccc2nc(C)c(-c3ccnc(C4(c5ccc(C(=O)Nc6ccccc6N)cc5)CC4)n3)n2c1. The fourth-order valence-electron chi connectivity index (χ4n) is 5.01. The number of benzene rings is 2. The number of para-hydroxylation sites is 2. The second-order valence-corrected chi connectivity index (χ2v) is 9.95. The number of rotatable bonds is 9. The van der Waals surface area contributed by atoms with Crippen LogP contribution in [0.15, 0.2) is 79.1 Å². The van der Waals surface area contributed by atoms with Gasteiger partial charge >= 0.3 is 0 Å². The highest BCUT2D eigenvalue weighted by molar-refractivity contribution is 6.05. The van der Waals surface area contributed by atoms with Crippen molar-refractivity contribution < 1.29 is 14.3 Å². The number of methoxy groups -OCH3 is 1. The molecule has 2 aromatic carbocycles. The Hall–Kier alpha value is -4.76. The molecule has 1 aliphatic rings. The molecule has 6 rings (SSSR count). The molecule has 1 amide bonds. The molecule has 0 saturated heterocycles. The first-order valence-electron chi connectivity index (χ1n) is 13.2. The standard InChI is InChI=1S/C31H30N6O3/c1-20-28(37-19-23(40-18-17-39-2)11-12-27(37)34-20)26-13-16-33-30(36-26)31(14-15-31)22-9-7-21(8-10-22)29(38)35-25-6-4-3-5-24(25)32/h3-13,16,19H,14-15,17-18,32H2,1-2H3,(H,35,38). The lowest BCUT2D eigenvalue weighted by Gasteiger charge is -2.16. The molecule has 5 aromatic rings. The molecule has 9 nitrogen and oxygen atoms in total. The number of pyridine rings is 1. The summed E-state index contributed by atoms with van der Waals surface area (Å²) in [4.78, 5) is 27.3. The van der Waals surface area contributed by atoms with Crippen molar-refractivity contribution in [3.05, 3.63) is 102 Å². The van der Waals surface area contributed by atoms with Crippen LogP contribution >= 0.6 is 0 Å². The van der Waals surface area contributed by atoms with Crippen LogP contribution in [-0.4, -0.2) is 45.6 Å². The summed E-state index contributed by atoms with van der Waals surface area (Å²) in [5, 5.41) is 2.88. The number of ether oxygens (including phenoxy) is 2. The summed E-state index contributed by atoms with van der Waals surface area (Å²) in [7, 11) is 1.65. The predicted octanol–water partition coefficient (Wildman–Crippen LogP) is 5.04. The monoisotopic (exact) mass is 534 g/mol. The highest BCUT2D eigenvalue weighted by Crippen LogP contribution is 2.52. The lowest BCUT2D eigenvalue weighted by atomic mass is 9.93. The van der Waals surface area contributed by atoms with E-state index in [1.165, 1.54) is 0 Å². The van der Waals surface area contributed by atoms with Crippen LogP contribution in [0.5, 0.6) is 5.75 Å². The highest BCUT2D eigenvalue weighted by Gasteiger charge is 2.48. The number of nitrogens with zero attached hydrogens (tertiary/aromatic N) is 4. The zero-order valence-electron chi connectivity index (χ0n) is 22.4. The van der Waals surface area contributed by atoms with Gasteiger partial charge in [0, 0.05) is 18.9 Å². The number of amides is 1. The average molecular weight is 535 g/mol. The zero-order chi connectivity index (χ0) is 27.7. The Morgan fingerprint density at radius 1 is 1.02 bits per heavy atom. The van der Waals surface area contributed by atoms with Crippen molar-refractivity contribution in [2.24, 2.45) is 0 Å². The van der Waals surface area contributed by atoms with E-state index in [2.05, 4.69) is 10.3 Å². The summed E-state index contributed by atoms with van der Waals surface area (Å²) >= 11 is 0. The quantitative estimate of drug-likeness (QED) is 0.201. The maximum absolute atomic E-state index is 12.8. The van der Waals surface area contributed by atoms with Gasteiger partial charge in [0.1, 0.15) is 23.8 Å². The molecular formula is C31H30N6O3. The van der Waals surface area contributed by atoms with Crippen LogP contribution in [0, 0.1) is 6.92 Å². The van der Waals surface area contributed by atoms with Crippen molar-refractivity contribution in [1.29, 1.82) is 0 Å². The minimum Gasteiger partial charge on any atom is -0.490 e. The average Bonchev–Trinajstić information content (AvgIpc) is 3.72. The van der Waals surface area contributed by atoms with E-state index >= 15 is 0 Å². The van der Waals surface area contributed by atoms with Gasteiger partial charge in [0.25, 0.3) is 5.91 Å². The summed E-state index contributed by atoms with van der Waals surface area (Å²) in [5.41, 5.74) is 11.9. The number of aryl methyl sites for hydroxylation is 1. The van der Waals surface area contributed by atoms with Crippen LogP contribution < -0.4 is 15.8 Å². The van der Waals surface area contributed by atoms with Crippen LogP contribution in [0.3, 0.4) is 0 Å². The normalized spacial score (nSPS) is 13.8. The number of carbonyl (C=O) groups is 1. The van der Waals surface area contributed by atoms with Gasteiger partial charge in [0.05, 0.1) is 46.7 Å². The maximum atomic E-state index is 12.8. The Kier molecular flexibility index (Phi) is 6.65. The highest BCUT2D eigenvalue weighted by atomic mass is 16.5. The van der Waals surface area contributed by atoms with E-state index in [1.54, 1.807) is 19.2 Å². The molecule has 3 heterocycles. The number of imidazole rings is 1. The minimum atomic E-state index is -0.280. The topological polar surface area (TPSA) is 117 Å². The smallest absolute Gasteiger partial charge is 0.255 e. The Bertz CT molecular complexity index is 1690. The van der Waals surface area contributed by atoms with Crippen LogP contribution in [0.1, 0.15) is 40.3 Å². The van der Waals surface area contributed by atoms with Gasteiger partial charge in [0.15, 0.2) is 0 Å². The van der Waals surface area contributed by atoms with E-state index in [0.29, 0.717) is 30.2 Å². The van der Waals surface area contributed by atoms with Gasteiger partial charge in [-0.05, 0) is 67.8 Å². The fourth-order valence-corrected chi connectivity index (χ4v) is 5.01. The third-order valence-corrected chi connectivity index (χ3v) is 7.31. The maximum Gasteiger partial charge on any atom is 0.255 e. The third kappa shape index (κ3) is 4.76. The second-order valence-electron chi connectivity index (χ2n) is 9.95. The van der Waals surface area contributed by atoms with Crippen LogP contribution in [-0.2, 0) is 10.2 Å². The molecule has 1 saturated carbocycles. The number of nitrogens with one attached hydrogen (secondary N) is 1. The molecule has 40 heavy (non-hydrogen) atoms. The zero-order valence-corrected chi connectivity index (χ0v) is 22.4. The van der Waals surface area contributed by atoms with Gasteiger partial charge in [-0.1, -0.05) is 24.3 Å². The summed E-state index contributed by atoms with van der Waals surface area (Å²) in [5.74, 6) is 1.29. The number of nitrogen functional groups attached to an aromatic ring is 1. The van der Waals surface area contributed by atoms with Gasteiger partial charge in [0.2, 0.25) is 0 Å². The molecule has 1 fully saturated rings. The molecule has 9 heteroatoms. The van der Waals surface area contributed by atoms with Crippen molar-refractivity contribution in [2.75, 3.05) is 31.4 Å². The Morgan fingerprint density at radius 3 is 2.58 bits per heavy atom. The number of anilines is 2. The lowest BCUT2D eigenvalue weighted by molar-refractivity contribution is 0.102. The van der Waals surface area contributed by atoms with Gasteiger partial charge in [-0.3, -0.25) is 9.20 Å². The summed E-state index contributed by atoms with van der Waals surface area (Å²) < 4.78 is 12.9. The first kappa shape index (κ1) is 25.5. The largest absolute Gasteiger partial charge is 0.490 e. The molecule has 0 radical (unpaired) electrons. The van der Waals surface area contributed by atoms with E-state index in [9.17, 15) is 4.79 Å². The van der Waals surface area contributed by atoms with E-state index in [-0.39, 0.29) is 11.3 Å². The van der Waals surface area contributed by atoms with Crippen LogP contribution in [0.4, 0.5) is 11.4 Å². The van der Waals surface area contributed by atoms with Crippen molar-refractivity contribution in [1.82, 2.24) is 19.4 Å². The first-order chi connectivity index (χ1) is 19.5. The molecule has 0 spiro atoms. The summed E-state index contributed by atoms with van der Waals surface area (Å²) in [6.45, 7) is 2.96. The molecule has 1 aliphatic carbocycles. The molecule has 0 aliphatic heterocycles. The van der Waals surface area contributed by atoms with Gasteiger partial charge in [-0.25, -0.2) is 15.0 Å². The molecule has 3 N–H and O–H groups in total. The van der Waals surface area contributed by atoms with Gasteiger partial charge in [-0.15, -0.1) is 0 Å². The first-order valence-corrected chi connectivity index (χ1v) is 13.2. The Balaban J connectivity index is 1.27. The Labute approximate surface area is 232 Å². The summed E-state index contributed by atoms with van der Waals surface area (Å²) in [6, 6.07) is 20.6. The molecule has 0 atom stereocenters. The predicted molar refractivity (Wildman–Crippen MR) is 154 cm³/mol. The number of hydrogen-bond donors (Lipinski definition) is 2. The minimum absolute atomic E-state index is 0.207. The van der Waals surface area contributed by atoms with Gasteiger partial charge < -0.3 is 20.5 Å². The molecular weight excluding hydrogens is 504 g/mol. The molecule has 202 valence electrons. The van der Waals surface area contributed by atoms with Gasteiger partial charge in [-0.2, -0.15) is 0 Å². The van der Waals surface area contributed by atoms with E-state index in [0.717, 1.165) is 52.7 Å². The molecule has 0 unspecified atom stereocenters. The number of nitrogens with two attached hydrogens (primary N) is 1. The van der Waals surface area contributed by atoms with Crippen molar-refractivity contribution in [2.45, 2.75) is 25.2 Å². The van der Waals surface area contributed by atoms with Crippen LogP contribution in [0.2, 0.25) is 0 Å². The van der Waals surface area contributed by atoms with Crippen molar-refractivity contribution in [3.63, 3.8) is 0 Å². The lowest BCUT2D eigenvalue weighted by Crippen LogP contribution is -2.16. The van der Waals surface area contributed by atoms with Crippen molar-refractivity contribution >= 4 is 22.9 Å². The number of carbonyl (C=O) groups excluding carboxylic acids is 1. The summed E-state index contributed by atoms with van der Waals surface area (Å²) in [6.07, 6.45) is 5.61. The van der Waals surface area contributed by atoms with E-state index in [1.807, 2.05) is 78.3 Å². The number of aromatic nitrogens is 4. The van der Waals surface area contributed by atoms with Crippen molar-refractivity contribution in [3.8, 4) is 17.1 Å². The third-order valence-electron chi connectivity index (χ3n) is 7.31. The number of fused-ring (bicyclic) bond motifs is 1.